The van der Waals surface area contributed by atoms with Crippen LogP contribution in [0.2, 0.25) is 0 Å². The summed E-state index contributed by atoms with van der Waals surface area (Å²) in [5.41, 5.74) is 11.9. The largest absolute Gasteiger partial charge is 0.263 e. The van der Waals surface area contributed by atoms with Gasteiger partial charge in [0.05, 0.1) is 0 Å². The number of nitrogens with zero attached hydrogens (tertiary/aromatic N) is 1. The lowest BCUT2D eigenvalue weighted by Gasteiger charge is -2.19. The highest BCUT2D eigenvalue weighted by molar-refractivity contribution is 6.22. The average molecular weight is 660 g/mol. The van der Waals surface area contributed by atoms with Crippen molar-refractivity contribution in [2.75, 3.05) is 0 Å². The standard InChI is InChI=1S/C51H33N/c1-2-10-34(11-3-1)44-30-45(33-52-32-44)38-20-18-37(19-21-38)41-26-27-48-49(31-41)51(43-25-23-36-13-5-7-15-40(36)29-43)47-17-9-8-16-46(47)50(48)42-24-22-35-12-4-6-14-39(35)28-42/h1-33H. The monoisotopic (exact) mass is 659 g/mol. The Morgan fingerprint density at radius 2 is 0.654 bits per heavy atom. The molecule has 9 aromatic carbocycles. The SMILES string of the molecule is c1ccc(-c2cncc(-c3ccc(-c4ccc5c(-c6ccc7ccccc7c6)c6ccccc6c(-c6ccc7ccccc7c6)c5c4)cc3)c2)cc1. The molecule has 0 amide bonds. The van der Waals surface area contributed by atoms with Gasteiger partial charge in [0.1, 0.15) is 0 Å². The van der Waals surface area contributed by atoms with E-state index < -0.39 is 0 Å². The molecular formula is C51H33N. The first-order valence-electron chi connectivity index (χ1n) is 17.8. The van der Waals surface area contributed by atoms with Gasteiger partial charge in [0.15, 0.2) is 0 Å². The van der Waals surface area contributed by atoms with Crippen molar-refractivity contribution in [2.45, 2.75) is 0 Å². The second-order valence-corrected chi connectivity index (χ2v) is 13.6. The molecule has 0 radical (unpaired) electrons. The topological polar surface area (TPSA) is 12.9 Å². The van der Waals surface area contributed by atoms with E-state index in [1.165, 1.54) is 82.0 Å². The molecule has 0 unspecified atom stereocenters. The zero-order chi connectivity index (χ0) is 34.4. The minimum atomic E-state index is 1.11. The molecule has 1 aromatic heterocycles. The molecule has 0 saturated heterocycles. The molecule has 0 spiro atoms. The van der Waals surface area contributed by atoms with Gasteiger partial charge in [0.2, 0.25) is 0 Å². The van der Waals surface area contributed by atoms with Gasteiger partial charge in [-0.15, -0.1) is 0 Å². The summed E-state index contributed by atoms with van der Waals surface area (Å²) in [6.07, 6.45) is 3.89. The average Bonchev–Trinajstić information content (AvgIpc) is 3.22. The Hall–Kier alpha value is -6.83. The molecule has 0 aliphatic rings. The van der Waals surface area contributed by atoms with Crippen molar-refractivity contribution in [2.24, 2.45) is 0 Å². The van der Waals surface area contributed by atoms with Gasteiger partial charge in [-0.2, -0.15) is 0 Å². The normalized spacial score (nSPS) is 11.5. The van der Waals surface area contributed by atoms with Gasteiger partial charge >= 0.3 is 0 Å². The van der Waals surface area contributed by atoms with E-state index in [9.17, 15) is 0 Å². The summed E-state index contributed by atoms with van der Waals surface area (Å²) in [4.78, 5) is 4.58. The van der Waals surface area contributed by atoms with Gasteiger partial charge in [0.25, 0.3) is 0 Å². The maximum absolute atomic E-state index is 4.58. The minimum absolute atomic E-state index is 1.11. The smallest absolute Gasteiger partial charge is 0.0346 e. The molecule has 1 heteroatoms. The Balaban J connectivity index is 1.17. The quantitative estimate of drug-likeness (QED) is 0.168. The molecule has 242 valence electrons. The zero-order valence-electron chi connectivity index (χ0n) is 28.5. The van der Waals surface area contributed by atoms with Crippen LogP contribution in [0.1, 0.15) is 0 Å². The molecule has 0 bridgehead atoms. The van der Waals surface area contributed by atoms with Crippen LogP contribution in [0.4, 0.5) is 0 Å². The van der Waals surface area contributed by atoms with E-state index in [1.807, 2.05) is 18.5 Å². The van der Waals surface area contributed by atoms with E-state index in [0.29, 0.717) is 0 Å². The first-order valence-corrected chi connectivity index (χ1v) is 17.8. The van der Waals surface area contributed by atoms with Crippen LogP contribution in [-0.2, 0) is 0 Å². The van der Waals surface area contributed by atoms with Gasteiger partial charge in [-0.1, -0.05) is 164 Å². The highest BCUT2D eigenvalue weighted by Gasteiger charge is 2.18. The first kappa shape index (κ1) is 30.0. The fraction of sp³-hybridized carbons (Fsp3) is 0. The Bertz CT molecular complexity index is 2940. The number of fused-ring (bicyclic) bond motifs is 4. The third-order valence-electron chi connectivity index (χ3n) is 10.5. The molecule has 1 nitrogen and oxygen atoms in total. The second kappa shape index (κ2) is 12.5. The molecule has 10 aromatic rings. The van der Waals surface area contributed by atoms with Crippen molar-refractivity contribution in [1.82, 2.24) is 4.98 Å². The van der Waals surface area contributed by atoms with Crippen molar-refractivity contribution in [3.05, 3.63) is 200 Å². The number of rotatable bonds is 5. The zero-order valence-corrected chi connectivity index (χ0v) is 28.5. The molecule has 0 fully saturated rings. The van der Waals surface area contributed by atoms with Gasteiger partial charge in [-0.3, -0.25) is 4.98 Å². The van der Waals surface area contributed by atoms with Gasteiger partial charge in [-0.25, -0.2) is 0 Å². The third kappa shape index (κ3) is 5.23. The van der Waals surface area contributed by atoms with Crippen molar-refractivity contribution >= 4 is 43.1 Å². The molecule has 0 aliphatic heterocycles. The summed E-state index contributed by atoms with van der Waals surface area (Å²) in [6, 6.07) is 68.6. The van der Waals surface area contributed by atoms with Crippen molar-refractivity contribution in [3.63, 3.8) is 0 Å². The molecule has 0 atom stereocenters. The molecule has 0 aliphatic carbocycles. The van der Waals surface area contributed by atoms with Gasteiger partial charge in [-0.05, 0) is 112 Å². The first-order chi connectivity index (χ1) is 25.8. The van der Waals surface area contributed by atoms with Crippen molar-refractivity contribution < 1.29 is 0 Å². The fourth-order valence-corrected chi connectivity index (χ4v) is 7.91. The van der Waals surface area contributed by atoms with E-state index in [2.05, 4.69) is 187 Å². The number of benzene rings is 9. The predicted molar refractivity (Wildman–Crippen MR) is 221 cm³/mol. The van der Waals surface area contributed by atoms with Crippen LogP contribution in [0.5, 0.6) is 0 Å². The number of hydrogen-bond acceptors (Lipinski definition) is 1. The fourth-order valence-electron chi connectivity index (χ4n) is 7.91. The lowest BCUT2D eigenvalue weighted by atomic mass is 9.84. The maximum Gasteiger partial charge on any atom is 0.0346 e. The second-order valence-electron chi connectivity index (χ2n) is 13.6. The van der Waals surface area contributed by atoms with Crippen LogP contribution >= 0.6 is 0 Å². The summed E-state index contributed by atoms with van der Waals surface area (Å²) in [7, 11) is 0. The van der Waals surface area contributed by atoms with Gasteiger partial charge in [0, 0.05) is 23.5 Å². The molecule has 0 N–H and O–H groups in total. The maximum atomic E-state index is 4.58. The highest BCUT2D eigenvalue weighted by Crippen LogP contribution is 2.45. The van der Waals surface area contributed by atoms with Crippen LogP contribution < -0.4 is 0 Å². The van der Waals surface area contributed by atoms with E-state index in [4.69, 9.17) is 0 Å². The predicted octanol–water partition coefficient (Wildman–Crippen LogP) is 14.0. The highest BCUT2D eigenvalue weighted by atomic mass is 14.6. The summed E-state index contributed by atoms with van der Waals surface area (Å²) < 4.78 is 0. The van der Waals surface area contributed by atoms with Crippen LogP contribution in [-0.4, -0.2) is 4.98 Å². The van der Waals surface area contributed by atoms with E-state index >= 15 is 0 Å². The third-order valence-corrected chi connectivity index (χ3v) is 10.5. The number of aromatic nitrogens is 1. The molecule has 10 rings (SSSR count). The summed E-state index contributed by atoms with van der Waals surface area (Å²) in [5.74, 6) is 0. The lowest BCUT2D eigenvalue weighted by molar-refractivity contribution is 1.33. The summed E-state index contributed by atoms with van der Waals surface area (Å²) in [6.45, 7) is 0. The minimum Gasteiger partial charge on any atom is -0.263 e. The van der Waals surface area contributed by atoms with Crippen LogP contribution in [0.3, 0.4) is 0 Å². The van der Waals surface area contributed by atoms with E-state index in [0.717, 1.165) is 16.7 Å². The number of pyridine rings is 1. The van der Waals surface area contributed by atoms with Crippen molar-refractivity contribution in [1.29, 1.82) is 0 Å². The molecule has 0 saturated carbocycles. The van der Waals surface area contributed by atoms with Crippen molar-refractivity contribution in [3.8, 4) is 55.6 Å². The Morgan fingerprint density at radius 3 is 1.25 bits per heavy atom. The summed E-state index contributed by atoms with van der Waals surface area (Å²) in [5, 5.41) is 10.0. The molecule has 1 heterocycles. The van der Waals surface area contributed by atoms with E-state index in [1.54, 1.807) is 0 Å². The molecular weight excluding hydrogens is 627 g/mol. The van der Waals surface area contributed by atoms with Crippen LogP contribution in [0.15, 0.2) is 200 Å². The Kier molecular flexibility index (Phi) is 7.22. The van der Waals surface area contributed by atoms with Gasteiger partial charge < -0.3 is 0 Å². The lowest BCUT2D eigenvalue weighted by Crippen LogP contribution is -1.92. The van der Waals surface area contributed by atoms with E-state index in [-0.39, 0.29) is 0 Å². The van der Waals surface area contributed by atoms with Crippen LogP contribution in [0, 0.1) is 0 Å². The Morgan fingerprint density at radius 1 is 0.231 bits per heavy atom. The summed E-state index contributed by atoms with van der Waals surface area (Å²) >= 11 is 0. The molecule has 52 heavy (non-hydrogen) atoms. The number of hydrogen-bond donors (Lipinski definition) is 0. The van der Waals surface area contributed by atoms with Crippen LogP contribution in [0.25, 0.3) is 98.7 Å². The Labute approximate surface area is 303 Å².